The summed E-state index contributed by atoms with van der Waals surface area (Å²) in [5, 5.41) is 1.36. The number of ether oxygens (including phenoxy) is 1. The van der Waals surface area contributed by atoms with Crippen molar-refractivity contribution < 1.29 is 41.5 Å². The van der Waals surface area contributed by atoms with Crippen LogP contribution in [0.25, 0.3) is 0 Å². The van der Waals surface area contributed by atoms with E-state index in [1.54, 1.807) is 6.92 Å². The van der Waals surface area contributed by atoms with Crippen molar-refractivity contribution in [3.05, 3.63) is 110 Å². The predicted molar refractivity (Wildman–Crippen MR) is 165 cm³/mol. The highest BCUT2D eigenvalue weighted by Gasteiger charge is 2.57. The number of anilines is 2. The molecule has 9 nitrogen and oxygen atoms in total. The highest BCUT2D eigenvalue weighted by Crippen LogP contribution is 2.54. The van der Waals surface area contributed by atoms with Gasteiger partial charge in [-0.3, -0.25) is 23.7 Å². The Morgan fingerprint density at radius 1 is 0.936 bits per heavy atom. The van der Waals surface area contributed by atoms with Gasteiger partial charge in [-0.15, -0.1) is 0 Å². The number of amides is 3. The van der Waals surface area contributed by atoms with Crippen LogP contribution in [0.3, 0.4) is 0 Å². The summed E-state index contributed by atoms with van der Waals surface area (Å²) in [7, 11) is 0. The Labute approximate surface area is 272 Å². The molecule has 47 heavy (non-hydrogen) atoms. The van der Waals surface area contributed by atoms with Gasteiger partial charge in [0.1, 0.15) is 17.6 Å². The first-order valence-electron chi connectivity index (χ1n) is 14.2. The van der Waals surface area contributed by atoms with E-state index < -0.39 is 75.4 Å². The van der Waals surface area contributed by atoms with Crippen molar-refractivity contribution in [3.63, 3.8) is 0 Å². The number of alkyl halides is 3. The Morgan fingerprint density at radius 3 is 2.28 bits per heavy atom. The van der Waals surface area contributed by atoms with Gasteiger partial charge in [0.15, 0.2) is 0 Å². The van der Waals surface area contributed by atoms with Crippen LogP contribution in [0.4, 0.5) is 28.9 Å². The Hall–Kier alpha value is -4.76. The van der Waals surface area contributed by atoms with Gasteiger partial charge < -0.3 is 10.1 Å². The summed E-state index contributed by atoms with van der Waals surface area (Å²) in [6, 6.07) is 15.4. The second-order valence-corrected chi connectivity index (χ2v) is 12.7. The van der Waals surface area contributed by atoms with Crippen LogP contribution in [-0.4, -0.2) is 40.1 Å². The SMILES string of the molecule is CCOC(=O)c1ccc(N2C(=O)C3Sc4c(sc(=O)n4CC(=O)Nc4ccccc4C(F)(F)F)C(c4ccc(F)cc4)C3C2=O)cc1. The van der Waals surface area contributed by atoms with Crippen molar-refractivity contribution in [1.29, 1.82) is 0 Å². The summed E-state index contributed by atoms with van der Waals surface area (Å²) < 4.78 is 60.5. The lowest BCUT2D eigenvalue weighted by molar-refractivity contribution is -0.137. The molecule has 3 aromatic carbocycles. The van der Waals surface area contributed by atoms with Gasteiger partial charge in [0.25, 0.3) is 0 Å². The average Bonchev–Trinajstić information content (AvgIpc) is 3.47. The minimum atomic E-state index is -4.74. The first-order chi connectivity index (χ1) is 22.4. The van der Waals surface area contributed by atoms with Gasteiger partial charge in [-0.1, -0.05) is 47.4 Å². The number of hydrogen-bond acceptors (Lipinski definition) is 8. The topological polar surface area (TPSA) is 115 Å². The molecule has 2 aliphatic rings. The van der Waals surface area contributed by atoms with Crippen molar-refractivity contribution in [2.45, 2.75) is 35.8 Å². The standard InChI is InChI=1S/C32H23F4N3O6S2/c1-2-45-30(43)17-9-13-19(14-10-17)39-27(41)24-23(16-7-11-18(33)12-8-16)26-29(46-25(24)28(39)42)38(31(44)47-26)15-22(40)37-21-6-4-3-5-20(21)32(34,35)36/h3-14,23-25H,2,15H2,1H3,(H,37,40). The number of rotatable bonds is 7. The number of carbonyl (C=O) groups is 4. The van der Waals surface area contributed by atoms with Crippen LogP contribution < -0.4 is 15.1 Å². The highest BCUT2D eigenvalue weighted by molar-refractivity contribution is 8.00. The molecule has 0 radical (unpaired) electrons. The van der Waals surface area contributed by atoms with Crippen LogP contribution >= 0.6 is 23.1 Å². The van der Waals surface area contributed by atoms with E-state index in [1.807, 2.05) is 0 Å². The molecule has 1 N–H and O–H groups in total. The first-order valence-corrected chi connectivity index (χ1v) is 15.8. The van der Waals surface area contributed by atoms with Crippen LogP contribution in [0.15, 0.2) is 82.6 Å². The second kappa shape index (κ2) is 12.4. The zero-order chi connectivity index (χ0) is 33.6. The lowest BCUT2D eigenvalue weighted by atomic mass is 9.83. The number of imide groups is 1. The van der Waals surface area contributed by atoms with Gasteiger partial charge in [0.2, 0.25) is 17.7 Å². The molecule has 0 bridgehead atoms. The average molecular weight is 686 g/mol. The summed E-state index contributed by atoms with van der Waals surface area (Å²) in [5.41, 5.74) is -0.690. The number of thioether (sulfide) groups is 1. The Balaban J connectivity index is 1.36. The highest BCUT2D eigenvalue weighted by atomic mass is 32.2. The molecule has 15 heteroatoms. The van der Waals surface area contributed by atoms with Crippen molar-refractivity contribution in [2.24, 2.45) is 5.92 Å². The summed E-state index contributed by atoms with van der Waals surface area (Å²) in [6.07, 6.45) is -4.74. The summed E-state index contributed by atoms with van der Waals surface area (Å²) in [4.78, 5) is 67.1. The number of para-hydroxylation sites is 1. The molecule has 3 heterocycles. The third-order valence-corrected chi connectivity index (χ3v) is 10.3. The molecule has 1 fully saturated rings. The maximum atomic E-state index is 14.0. The summed E-state index contributed by atoms with van der Waals surface area (Å²) >= 11 is 1.65. The van der Waals surface area contributed by atoms with Crippen LogP contribution in [-0.2, 0) is 31.8 Å². The summed E-state index contributed by atoms with van der Waals surface area (Å²) in [6.45, 7) is 1.15. The number of aromatic nitrogens is 1. The van der Waals surface area contributed by atoms with E-state index in [0.29, 0.717) is 10.4 Å². The molecule has 2 aliphatic heterocycles. The van der Waals surface area contributed by atoms with E-state index in [0.717, 1.165) is 44.7 Å². The normalized spacial score (nSPS) is 18.9. The lowest BCUT2D eigenvalue weighted by Gasteiger charge is -2.30. The smallest absolute Gasteiger partial charge is 0.418 e. The molecule has 3 atom stereocenters. The maximum Gasteiger partial charge on any atom is 0.418 e. The number of nitrogens with one attached hydrogen (secondary N) is 1. The van der Waals surface area contributed by atoms with E-state index in [2.05, 4.69) is 5.32 Å². The minimum Gasteiger partial charge on any atom is -0.462 e. The number of thiazole rings is 1. The van der Waals surface area contributed by atoms with Crippen LogP contribution in [0, 0.1) is 11.7 Å². The lowest BCUT2D eigenvalue weighted by Crippen LogP contribution is -2.33. The van der Waals surface area contributed by atoms with Gasteiger partial charge in [-0.2, -0.15) is 13.2 Å². The minimum absolute atomic E-state index is 0.159. The molecule has 1 aromatic heterocycles. The molecule has 3 unspecified atom stereocenters. The first kappa shape index (κ1) is 32.2. The van der Waals surface area contributed by atoms with Crippen molar-refractivity contribution >= 4 is 58.2 Å². The van der Waals surface area contributed by atoms with E-state index in [9.17, 15) is 41.5 Å². The molecule has 1 saturated heterocycles. The molecular formula is C32H23F4N3O6S2. The van der Waals surface area contributed by atoms with E-state index in [4.69, 9.17) is 4.74 Å². The van der Waals surface area contributed by atoms with Crippen LogP contribution in [0.2, 0.25) is 0 Å². The molecule has 242 valence electrons. The second-order valence-electron chi connectivity index (χ2n) is 10.6. The number of halogens is 4. The van der Waals surface area contributed by atoms with Crippen LogP contribution in [0.5, 0.6) is 0 Å². The van der Waals surface area contributed by atoms with Gasteiger partial charge in [-0.05, 0) is 61.0 Å². The maximum absolute atomic E-state index is 14.0. The molecule has 6 rings (SSSR count). The van der Waals surface area contributed by atoms with Gasteiger partial charge in [0.05, 0.1) is 40.1 Å². The van der Waals surface area contributed by atoms with Gasteiger partial charge in [-0.25, -0.2) is 14.1 Å². The third-order valence-electron chi connectivity index (χ3n) is 7.72. The monoisotopic (exact) mass is 685 g/mol. The number of benzene rings is 3. The zero-order valence-corrected chi connectivity index (χ0v) is 25.9. The predicted octanol–water partition coefficient (Wildman–Crippen LogP) is 5.68. The number of carbonyl (C=O) groups excluding carboxylic acids is 4. The number of hydrogen-bond donors (Lipinski definition) is 1. The number of esters is 1. The Kier molecular flexibility index (Phi) is 8.53. The quantitative estimate of drug-likeness (QED) is 0.151. The van der Waals surface area contributed by atoms with Gasteiger partial charge >= 0.3 is 17.0 Å². The van der Waals surface area contributed by atoms with Crippen molar-refractivity contribution in [1.82, 2.24) is 4.57 Å². The number of nitrogens with zero attached hydrogens (tertiary/aromatic N) is 2. The molecule has 3 amide bonds. The zero-order valence-electron chi connectivity index (χ0n) is 24.2. The van der Waals surface area contributed by atoms with E-state index in [1.165, 1.54) is 60.7 Å². The fourth-order valence-corrected chi connectivity index (χ4v) is 8.45. The molecular weight excluding hydrogens is 662 g/mol. The van der Waals surface area contributed by atoms with E-state index in [-0.39, 0.29) is 22.9 Å². The molecule has 4 aromatic rings. The van der Waals surface area contributed by atoms with Gasteiger partial charge in [0, 0.05) is 10.8 Å². The van der Waals surface area contributed by atoms with Crippen molar-refractivity contribution in [3.8, 4) is 0 Å². The fourth-order valence-electron chi connectivity index (χ4n) is 5.67. The fraction of sp³-hybridized carbons (Fsp3) is 0.219. The largest absolute Gasteiger partial charge is 0.462 e. The van der Waals surface area contributed by atoms with Crippen LogP contribution in [0.1, 0.15) is 39.2 Å². The number of fused-ring (bicyclic) bond motifs is 2. The molecule has 0 aliphatic carbocycles. The van der Waals surface area contributed by atoms with Crippen molar-refractivity contribution in [2.75, 3.05) is 16.8 Å². The Morgan fingerprint density at radius 2 is 1.62 bits per heavy atom. The Bertz CT molecular complexity index is 1960. The summed E-state index contributed by atoms with van der Waals surface area (Å²) in [5.74, 6) is -5.13. The third kappa shape index (κ3) is 5.96. The molecule has 0 spiro atoms. The van der Waals surface area contributed by atoms with E-state index >= 15 is 0 Å². The molecule has 0 saturated carbocycles.